The minimum Gasteiger partial charge on any atom is -0.394 e. The Labute approximate surface area is 88.6 Å². The topological polar surface area (TPSA) is 49.2 Å². The second-order valence-electron chi connectivity index (χ2n) is 3.24. The lowest BCUT2D eigenvalue weighted by Crippen LogP contribution is -2.32. The van der Waals surface area contributed by atoms with Crippen LogP contribution >= 0.6 is 11.6 Å². The number of aryl methyl sites for hydroxylation is 1. The molecule has 0 aliphatic carbocycles. The molecule has 0 aromatic carbocycles. The molecule has 0 saturated carbocycles. The maximum atomic E-state index is 8.99. The molecule has 1 aromatic heterocycles. The van der Waals surface area contributed by atoms with Crippen LogP contribution < -0.4 is 4.90 Å². The fourth-order valence-electron chi connectivity index (χ4n) is 1.05. The summed E-state index contributed by atoms with van der Waals surface area (Å²) in [5.41, 5.74) is 0. The number of hydrogen-bond donors (Lipinski definition) is 1. The van der Waals surface area contributed by atoms with Crippen molar-refractivity contribution in [2.75, 3.05) is 18.6 Å². The Morgan fingerprint density at radius 2 is 2.21 bits per heavy atom. The minimum absolute atomic E-state index is 0.0142. The van der Waals surface area contributed by atoms with Gasteiger partial charge in [-0.1, -0.05) is 11.6 Å². The third-order valence-electron chi connectivity index (χ3n) is 2.08. The number of hydrogen-bond acceptors (Lipinski definition) is 4. The molecule has 0 spiro atoms. The van der Waals surface area contributed by atoms with Crippen LogP contribution in [0.25, 0.3) is 0 Å². The number of aliphatic hydroxyl groups is 1. The third kappa shape index (κ3) is 2.56. The summed E-state index contributed by atoms with van der Waals surface area (Å²) in [4.78, 5) is 10.1. The molecular weight excluding hydrogens is 202 g/mol. The van der Waals surface area contributed by atoms with Crippen molar-refractivity contribution >= 4 is 17.4 Å². The molecule has 0 radical (unpaired) electrons. The molecule has 1 aromatic rings. The maximum Gasteiger partial charge on any atom is 0.134 e. The Bertz CT molecular complexity index is 299. The SMILES string of the molecule is Cc1nc(Cl)cc(N(C)C(C)CO)n1. The zero-order chi connectivity index (χ0) is 10.7. The Morgan fingerprint density at radius 1 is 1.57 bits per heavy atom. The predicted molar refractivity (Wildman–Crippen MR) is 56.7 cm³/mol. The van der Waals surface area contributed by atoms with Gasteiger partial charge in [0.2, 0.25) is 0 Å². The van der Waals surface area contributed by atoms with E-state index >= 15 is 0 Å². The van der Waals surface area contributed by atoms with E-state index in [9.17, 15) is 0 Å². The fraction of sp³-hybridized carbons (Fsp3) is 0.556. The van der Waals surface area contributed by atoms with Gasteiger partial charge in [0, 0.05) is 13.1 Å². The van der Waals surface area contributed by atoms with Crippen LogP contribution in [-0.2, 0) is 0 Å². The number of anilines is 1. The monoisotopic (exact) mass is 215 g/mol. The highest BCUT2D eigenvalue weighted by Gasteiger charge is 2.11. The van der Waals surface area contributed by atoms with Gasteiger partial charge in [-0.2, -0.15) is 0 Å². The Balaban J connectivity index is 2.94. The third-order valence-corrected chi connectivity index (χ3v) is 2.27. The number of likely N-dealkylation sites (N-methyl/N-ethyl adjacent to an activating group) is 1. The first-order valence-electron chi connectivity index (χ1n) is 4.39. The molecule has 5 heteroatoms. The summed E-state index contributed by atoms with van der Waals surface area (Å²) >= 11 is 5.80. The van der Waals surface area contributed by atoms with E-state index in [1.165, 1.54) is 0 Å². The van der Waals surface area contributed by atoms with E-state index in [1.807, 2.05) is 18.9 Å². The number of aromatic nitrogens is 2. The molecule has 1 rings (SSSR count). The summed E-state index contributed by atoms with van der Waals surface area (Å²) in [5.74, 6) is 1.36. The molecule has 4 nitrogen and oxygen atoms in total. The van der Waals surface area contributed by atoms with Gasteiger partial charge in [-0.05, 0) is 13.8 Å². The summed E-state index contributed by atoms with van der Waals surface area (Å²) in [5, 5.41) is 9.41. The molecule has 1 heterocycles. The molecule has 1 atom stereocenters. The van der Waals surface area contributed by atoms with Crippen LogP contribution in [0, 0.1) is 6.92 Å². The van der Waals surface area contributed by atoms with Crippen molar-refractivity contribution in [3.05, 3.63) is 17.0 Å². The van der Waals surface area contributed by atoms with Gasteiger partial charge >= 0.3 is 0 Å². The normalized spacial score (nSPS) is 12.6. The number of nitrogens with zero attached hydrogens (tertiary/aromatic N) is 3. The minimum atomic E-state index is 0.0142. The molecule has 1 N–H and O–H groups in total. The average molecular weight is 216 g/mol. The average Bonchev–Trinajstić information content (AvgIpc) is 2.14. The number of rotatable bonds is 3. The van der Waals surface area contributed by atoms with Crippen LogP contribution in [0.1, 0.15) is 12.7 Å². The molecule has 0 saturated heterocycles. The first-order valence-corrected chi connectivity index (χ1v) is 4.77. The molecule has 0 aliphatic heterocycles. The lowest BCUT2D eigenvalue weighted by Gasteiger charge is -2.24. The van der Waals surface area contributed by atoms with Crippen LogP contribution in [0.4, 0.5) is 5.82 Å². The van der Waals surface area contributed by atoms with Gasteiger partial charge < -0.3 is 10.0 Å². The Hall–Kier alpha value is -0.870. The molecule has 0 bridgehead atoms. The first-order chi connectivity index (χ1) is 6.54. The molecule has 78 valence electrons. The van der Waals surface area contributed by atoms with E-state index < -0.39 is 0 Å². The number of halogens is 1. The molecule has 14 heavy (non-hydrogen) atoms. The molecule has 0 fully saturated rings. The quantitative estimate of drug-likeness (QED) is 0.772. The summed E-state index contributed by atoms with van der Waals surface area (Å²) in [7, 11) is 1.86. The number of aliphatic hydroxyl groups excluding tert-OH is 1. The largest absolute Gasteiger partial charge is 0.394 e. The van der Waals surface area contributed by atoms with E-state index in [2.05, 4.69) is 9.97 Å². The molecule has 0 aliphatic rings. The molecule has 0 amide bonds. The van der Waals surface area contributed by atoms with Gasteiger partial charge in [-0.25, -0.2) is 9.97 Å². The van der Waals surface area contributed by atoms with Crippen molar-refractivity contribution in [1.82, 2.24) is 9.97 Å². The molecule has 1 unspecified atom stereocenters. The zero-order valence-corrected chi connectivity index (χ0v) is 9.28. The van der Waals surface area contributed by atoms with Crippen molar-refractivity contribution < 1.29 is 5.11 Å². The van der Waals surface area contributed by atoms with Crippen LogP contribution in [0.5, 0.6) is 0 Å². The van der Waals surface area contributed by atoms with Crippen molar-refractivity contribution in [2.24, 2.45) is 0 Å². The highest BCUT2D eigenvalue weighted by Crippen LogP contribution is 2.16. The van der Waals surface area contributed by atoms with Gasteiger partial charge in [0.1, 0.15) is 16.8 Å². The van der Waals surface area contributed by atoms with Gasteiger partial charge in [0.15, 0.2) is 0 Å². The van der Waals surface area contributed by atoms with Crippen molar-refractivity contribution in [2.45, 2.75) is 19.9 Å². The Kier molecular flexibility index (Phi) is 3.66. The van der Waals surface area contributed by atoms with Gasteiger partial charge in [0.25, 0.3) is 0 Å². The molecular formula is C9H14ClN3O. The van der Waals surface area contributed by atoms with Crippen LogP contribution in [0.15, 0.2) is 6.07 Å². The highest BCUT2D eigenvalue weighted by atomic mass is 35.5. The van der Waals surface area contributed by atoms with E-state index in [0.717, 1.165) is 5.82 Å². The van der Waals surface area contributed by atoms with Crippen molar-refractivity contribution in [3.8, 4) is 0 Å². The van der Waals surface area contributed by atoms with E-state index in [-0.39, 0.29) is 12.6 Å². The maximum absolute atomic E-state index is 8.99. The summed E-state index contributed by atoms with van der Waals surface area (Å²) < 4.78 is 0. The summed E-state index contributed by atoms with van der Waals surface area (Å²) in [6.45, 7) is 3.77. The van der Waals surface area contributed by atoms with Gasteiger partial charge in [0.05, 0.1) is 12.6 Å². The standard InChI is InChI=1S/C9H14ClN3O/c1-6(5-14)13(3)9-4-8(10)11-7(2)12-9/h4,6,14H,5H2,1-3H3. The van der Waals surface area contributed by atoms with Crippen LogP contribution in [0.3, 0.4) is 0 Å². The van der Waals surface area contributed by atoms with Gasteiger partial charge in [-0.15, -0.1) is 0 Å². The van der Waals surface area contributed by atoms with E-state index in [4.69, 9.17) is 16.7 Å². The van der Waals surface area contributed by atoms with E-state index in [1.54, 1.807) is 13.0 Å². The summed E-state index contributed by atoms with van der Waals surface area (Å²) in [6.07, 6.45) is 0. The lowest BCUT2D eigenvalue weighted by molar-refractivity contribution is 0.269. The highest BCUT2D eigenvalue weighted by molar-refractivity contribution is 6.29. The second kappa shape index (κ2) is 4.57. The van der Waals surface area contributed by atoms with Crippen molar-refractivity contribution in [3.63, 3.8) is 0 Å². The lowest BCUT2D eigenvalue weighted by atomic mass is 10.3. The van der Waals surface area contributed by atoms with Crippen LogP contribution in [0.2, 0.25) is 5.15 Å². The van der Waals surface area contributed by atoms with Crippen LogP contribution in [-0.4, -0.2) is 34.8 Å². The smallest absolute Gasteiger partial charge is 0.134 e. The fourth-order valence-corrected chi connectivity index (χ4v) is 1.27. The van der Waals surface area contributed by atoms with Crippen molar-refractivity contribution in [1.29, 1.82) is 0 Å². The second-order valence-corrected chi connectivity index (χ2v) is 3.63. The zero-order valence-electron chi connectivity index (χ0n) is 8.53. The Morgan fingerprint density at radius 3 is 2.71 bits per heavy atom. The first kappa shape index (κ1) is 11.2. The predicted octanol–water partition coefficient (Wildman–Crippen LogP) is 1.26. The van der Waals surface area contributed by atoms with Gasteiger partial charge in [-0.3, -0.25) is 0 Å². The van der Waals surface area contributed by atoms with E-state index in [0.29, 0.717) is 11.0 Å². The summed E-state index contributed by atoms with van der Waals surface area (Å²) in [6, 6.07) is 1.70.